The molecule has 1 heterocycles. The summed E-state index contributed by atoms with van der Waals surface area (Å²) in [6.45, 7) is 8.14. The van der Waals surface area contributed by atoms with Crippen molar-refractivity contribution in [2.75, 3.05) is 13.2 Å². The minimum Gasteiger partial charge on any atom is -0.494 e. The van der Waals surface area contributed by atoms with Crippen LogP contribution in [0.25, 0.3) is 0 Å². The quantitative estimate of drug-likeness (QED) is 0.898. The molecule has 1 saturated heterocycles. The molecule has 6 nitrogen and oxygen atoms in total. The van der Waals surface area contributed by atoms with E-state index in [2.05, 4.69) is 0 Å². The van der Waals surface area contributed by atoms with E-state index in [1.165, 1.54) is 4.90 Å². The second-order valence-electron chi connectivity index (χ2n) is 7.21. The van der Waals surface area contributed by atoms with Crippen molar-refractivity contribution >= 4 is 12.1 Å². The van der Waals surface area contributed by atoms with Gasteiger partial charge in [-0.3, -0.25) is 4.90 Å². The Morgan fingerprint density at radius 2 is 2.04 bits per heavy atom. The summed E-state index contributed by atoms with van der Waals surface area (Å²) in [5.74, 6) is -0.602. The number of aliphatic carboxylic acids is 1. The van der Waals surface area contributed by atoms with E-state index in [0.29, 0.717) is 25.3 Å². The molecule has 1 amide bonds. The number of piperidine rings is 1. The number of benzene rings is 1. The number of rotatable bonds is 4. The van der Waals surface area contributed by atoms with Crippen molar-refractivity contribution in [1.29, 1.82) is 0 Å². The first-order valence-electron chi connectivity index (χ1n) is 8.68. The molecule has 1 aliphatic rings. The van der Waals surface area contributed by atoms with Gasteiger partial charge >= 0.3 is 12.1 Å². The molecule has 138 valence electrons. The fourth-order valence-electron chi connectivity index (χ4n) is 3.18. The minimum absolute atomic E-state index is 0.292. The third kappa shape index (κ3) is 4.87. The minimum atomic E-state index is -1.02. The van der Waals surface area contributed by atoms with Crippen molar-refractivity contribution in [3.05, 3.63) is 29.8 Å². The summed E-state index contributed by atoms with van der Waals surface area (Å²) >= 11 is 0. The number of hydrogen-bond acceptors (Lipinski definition) is 4. The maximum absolute atomic E-state index is 12.5. The second-order valence-corrected chi connectivity index (χ2v) is 7.21. The van der Waals surface area contributed by atoms with Crippen LogP contribution in [0.2, 0.25) is 0 Å². The van der Waals surface area contributed by atoms with Crippen molar-refractivity contribution in [2.24, 2.45) is 0 Å². The molecular formula is C19H27NO5. The lowest BCUT2D eigenvalue weighted by atomic mass is 9.83. The van der Waals surface area contributed by atoms with Crippen molar-refractivity contribution in [2.45, 2.75) is 58.1 Å². The van der Waals surface area contributed by atoms with Gasteiger partial charge in [-0.2, -0.15) is 0 Å². The van der Waals surface area contributed by atoms with Gasteiger partial charge in [0.05, 0.1) is 6.61 Å². The highest BCUT2D eigenvalue weighted by molar-refractivity contribution is 5.81. The maximum Gasteiger partial charge on any atom is 0.411 e. The van der Waals surface area contributed by atoms with Gasteiger partial charge in [-0.25, -0.2) is 9.59 Å². The summed E-state index contributed by atoms with van der Waals surface area (Å²) in [5, 5.41) is 9.78. The molecule has 2 atom stereocenters. The van der Waals surface area contributed by atoms with Crippen molar-refractivity contribution in [3.63, 3.8) is 0 Å². The molecule has 0 radical (unpaired) electrons. The highest BCUT2D eigenvalue weighted by Gasteiger charge is 2.41. The number of ether oxygens (including phenoxy) is 2. The molecule has 0 bridgehead atoms. The summed E-state index contributed by atoms with van der Waals surface area (Å²) in [6.07, 6.45) is 0.851. The van der Waals surface area contributed by atoms with Gasteiger partial charge in [-0.15, -0.1) is 0 Å². The van der Waals surface area contributed by atoms with Crippen molar-refractivity contribution in [1.82, 2.24) is 4.90 Å². The highest BCUT2D eigenvalue weighted by atomic mass is 16.6. The summed E-state index contributed by atoms with van der Waals surface area (Å²) in [7, 11) is 0. The third-order valence-corrected chi connectivity index (χ3v) is 4.11. The second kappa shape index (κ2) is 7.76. The lowest BCUT2D eigenvalue weighted by Crippen LogP contribution is -2.53. The van der Waals surface area contributed by atoms with E-state index >= 15 is 0 Å². The van der Waals surface area contributed by atoms with E-state index < -0.39 is 23.7 Å². The van der Waals surface area contributed by atoms with Crippen LogP contribution in [0.3, 0.4) is 0 Å². The predicted molar refractivity (Wildman–Crippen MR) is 93.9 cm³/mol. The first kappa shape index (κ1) is 19.1. The first-order valence-corrected chi connectivity index (χ1v) is 8.68. The normalized spacial score (nSPS) is 20.9. The zero-order valence-corrected chi connectivity index (χ0v) is 15.3. The van der Waals surface area contributed by atoms with E-state index in [4.69, 9.17) is 9.47 Å². The zero-order valence-electron chi connectivity index (χ0n) is 15.3. The predicted octanol–water partition coefficient (Wildman–Crippen LogP) is 3.65. The van der Waals surface area contributed by atoms with Gasteiger partial charge in [0.2, 0.25) is 0 Å². The maximum atomic E-state index is 12.5. The van der Waals surface area contributed by atoms with Gasteiger partial charge in [0, 0.05) is 12.5 Å². The third-order valence-electron chi connectivity index (χ3n) is 4.11. The molecule has 0 aromatic heterocycles. The number of hydrogen-bond donors (Lipinski definition) is 1. The van der Waals surface area contributed by atoms with Gasteiger partial charge in [-0.1, -0.05) is 12.1 Å². The largest absolute Gasteiger partial charge is 0.494 e. The van der Waals surface area contributed by atoms with Crippen LogP contribution >= 0.6 is 0 Å². The molecule has 6 heteroatoms. The Labute approximate surface area is 148 Å². The van der Waals surface area contributed by atoms with E-state index in [-0.39, 0.29) is 5.92 Å². The Balaban J connectivity index is 2.30. The Hall–Kier alpha value is -2.24. The van der Waals surface area contributed by atoms with E-state index in [9.17, 15) is 14.7 Å². The molecule has 0 spiro atoms. The Morgan fingerprint density at radius 3 is 2.64 bits per heavy atom. The smallest absolute Gasteiger partial charge is 0.411 e. The van der Waals surface area contributed by atoms with Crippen LogP contribution in [-0.2, 0) is 9.53 Å². The highest BCUT2D eigenvalue weighted by Crippen LogP contribution is 2.35. The average molecular weight is 349 g/mol. The molecule has 0 aliphatic carbocycles. The van der Waals surface area contributed by atoms with Crippen molar-refractivity contribution in [3.8, 4) is 5.75 Å². The average Bonchev–Trinajstić information content (AvgIpc) is 2.53. The van der Waals surface area contributed by atoms with Crippen LogP contribution in [0, 0.1) is 0 Å². The van der Waals surface area contributed by atoms with Gasteiger partial charge in [0.15, 0.2) is 0 Å². The molecule has 1 aliphatic heterocycles. The van der Waals surface area contributed by atoms with Gasteiger partial charge < -0.3 is 14.6 Å². The fourth-order valence-corrected chi connectivity index (χ4v) is 3.18. The van der Waals surface area contributed by atoms with E-state index in [1.54, 1.807) is 20.8 Å². The molecule has 0 unspecified atom stereocenters. The van der Waals surface area contributed by atoms with Crippen LogP contribution in [0.5, 0.6) is 5.75 Å². The standard InChI is InChI=1S/C19H27NO5/c1-5-24-14-9-6-8-13(12-14)15-10-7-11-20(16(15)17(21)22)18(23)25-19(2,3)4/h6,8-9,12,15-16H,5,7,10-11H2,1-4H3,(H,21,22)/t15-,16-/m0/s1. The topological polar surface area (TPSA) is 76.1 Å². The van der Waals surface area contributed by atoms with Crippen LogP contribution < -0.4 is 4.74 Å². The molecule has 25 heavy (non-hydrogen) atoms. The summed E-state index contributed by atoms with van der Waals surface area (Å²) in [4.78, 5) is 25.8. The Bertz CT molecular complexity index is 622. The number of amides is 1. The number of likely N-dealkylation sites (tertiary alicyclic amines) is 1. The lowest BCUT2D eigenvalue weighted by Gasteiger charge is -2.39. The molecule has 1 fully saturated rings. The Kier molecular flexibility index (Phi) is 5.93. The molecule has 1 aromatic rings. The number of carboxylic acid groups (broad SMARTS) is 1. The van der Waals surface area contributed by atoms with Crippen LogP contribution in [0.4, 0.5) is 4.79 Å². The van der Waals surface area contributed by atoms with Crippen LogP contribution in [0.1, 0.15) is 52.0 Å². The number of carbonyl (C=O) groups is 2. The van der Waals surface area contributed by atoms with Gasteiger partial charge in [0.25, 0.3) is 0 Å². The van der Waals surface area contributed by atoms with Gasteiger partial charge in [0.1, 0.15) is 17.4 Å². The SMILES string of the molecule is CCOc1cccc([C@@H]2CCCN(C(=O)OC(C)(C)C)[C@@H]2C(=O)O)c1. The number of nitrogens with zero attached hydrogens (tertiary/aromatic N) is 1. The Morgan fingerprint density at radius 1 is 1.32 bits per heavy atom. The lowest BCUT2D eigenvalue weighted by molar-refractivity contribution is -0.145. The fraction of sp³-hybridized carbons (Fsp3) is 0.579. The molecule has 2 rings (SSSR count). The van der Waals surface area contributed by atoms with Gasteiger partial charge in [-0.05, 0) is 58.2 Å². The van der Waals surface area contributed by atoms with E-state index in [0.717, 1.165) is 12.0 Å². The molecule has 0 saturated carbocycles. The summed E-state index contributed by atoms with van der Waals surface area (Å²) in [5.41, 5.74) is 0.203. The monoisotopic (exact) mass is 349 g/mol. The summed E-state index contributed by atoms with van der Waals surface area (Å²) < 4.78 is 10.9. The molecule has 1 N–H and O–H groups in total. The zero-order chi connectivity index (χ0) is 18.6. The number of carbonyl (C=O) groups excluding carboxylic acids is 1. The molecular weight excluding hydrogens is 322 g/mol. The molecule has 1 aromatic carbocycles. The first-order chi connectivity index (χ1) is 11.7. The van der Waals surface area contributed by atoms with Crippen LogP contribution in [0.15, 0.2) is 24.3 Å². The van der Waals surface area contributed by atoms with E-state index in [1.807, 2.05) is 31.2 Å². The summed E-state index contributed by atoms with van der Waals surface area (Å²) in [6, 6.07) is 6.51. The number of carboxylic acids is 1. The van der Waals surface area contributed by atoms with Crippen LogP contribution in [-0.4, -0.2) is 46.9 Å². The van der Waals surface area contributed by atoms with Crippen molar-refractivity contribution < 1.29 is 24.2 Å².